The van der Waals surface area contributed by atoms with Gasteiger partial charge in [0.15, 0.2) is 0 Å². The van der Waals surface area contributed by atoms with E-state index in [0.717, 1.165) is 13.0 Å². The fourth-order valence-electron chi connectivity index (χ4n) is 2.18. The van der Waals surface area contributed by atoms with Crippen LogP contribution in [0.25, 0.3) is 0 Å². The van der Waals surface area contributed by atoms with Gasteiger partial charge in [0, 0.05) is 13.0 Å². The van der Waals surface area contributed by atoms with Crippen LogP contribution >= 0.6 is 0 Å². The summed E-state index contributed by atoms with van der Waals surface area (Å²) in [5, 5.41) is 0. The summed E-state index contributed by atoms with van der Waals surface area (Å²) in [7, 11) is 0. The van der Waals surface area contributed by atoms with Crippen molar-refractivity contribution in [2.75, 3.05) is 106 Å². The van der Waals surface area contributed by atoms with E-state index in [9.17, 15) is 4.79 Å². The van der Waals surface area contributed by atoms with Crippen LogP contribution in [0.5, 0.6) is 0 Å². The van der Waals surface area contributed by atoms with Crippen molar-refractivity contribution in [2.45, 2.75) is 33.6 Å². The van der Waals surface area contributed by atoms with Gasteiger partial charge in [-0.05, 0) is 19.3 Å². The summed E-state index contributed by atoms with van der Waals surface area (Å²) in [6.45, 7) is 14.7. The number of Topliss-reactive ketones (excluding diaryl/α,β-unsaturated/α-hetero) is 1. The van der Waals surface area contributed by atoms with E-state index in [4.69, 9.17) is 37.9 Å². The SMILES string of the molecule is CC(=O)CCOCCOCCOCCOCCOCCOCCOCCOCCC(C)C. The fraction of sp³-hybridized carbons (Fsp3) is 0.957. The molecule has 0 rings (SSSR count). The van der Waals surface area contributed by atoms with E-state index in [-0.39, 0.29) is 5.78 Å². The first-order valence-corrected chi connectivity index (χ1v) is 11.7. The molecule has 0 N–H and O–H groups in total. The van der Waals surface area contributed by atoms with E-state index in [1.165, 1.54) is 0 Å². The van der Waals surface area contributed by atoms with Crippen LogP contribution in [0.2, 0.25) is 0 Å². The predicted molar refractivity (Wildman–Crippen MR) is 121 cm³/mol. The molecule has 9 nitrogen and oxygen atoms in total. The third-order valence-electron chi connectivity index (χ3n) is 4.04. The topological polar surface area (TPSA) is 90.9 Å². The number of carbonyl (C=O) groups excluding carboxylic acids is 1. The van der Waals surface area contributed by atoms with Gasteiger partial charge in [-0.1, -0.05) is 13.8 Å². The number of carbonyl (C=O) groups is 1. The normalized spacial score (nSPS) is 11.5. The largest absolute Gasteiger partial charge is 0.379 e. The molecule has 0 saturated carbocycles. The van der Waals surface area contributed by atoms with Crippen LogP contribution in [0.3, 0.4) is 0 Å². The van der Waals surface area contributed by atoms with Gasteiger partial charge >= 0.3 is 0 Å². The van der Waals surface area contributed by atoms with Crippen molar-refractivity contribution < 1.29 is 42.7 Å². The Hall–Kier alpha value is -0.650. The number of ketones is 1. The monoisotopic (exact) mass is 466 g/mol. The van der Waals surface area contributed by atoms with E-state index in [2.05, 4.69) is 13.8 Å². The highest BCUT2D eigenvalue weighted by Crippen LogP contribution is 1.98. The quantitative estimate of drug-likeness (QED) is 0.169. The van der Waals surface area contributed by atoms with Crippen LogP contribution in [0.1, 0.15) is 33.6 Å². The molecule has 0 unspecified atom stereocenters. The second kappa shape index (κ2) is 26.6. The van der Waals surface area contributed by atoms with E-state index in [1.54, 1.807) is 6.92 Å². The Labute approximate surface area is 194 Å². The van der Waals surface area contributed by atoms with Crippen molar-refractivity contribution in [1.82, 2.24) is 0 Å². The minimum atomic E-state index is 0.133. The summed E-state index contributed by atoms with van der Waals surface area (Å²) in [5.41, 5.74) is 0. The summed E-state index contributed by atoms with van der Waals surface area (Å²) in [6, 6.07) is 0. The maximum absolute atomic E-state index is 10.7. The zero-order chi connectivity index (χ0) is 23.5. The van der Waals surface area contributed by atoms with Crippen molar-refractivity contribution in [3.63, 3.8) is 0 Å². The average Bonchev–Trinajstić information content (AvgIpc) is 2.75. The molecule has 0 aliphatic rings. The second-order valence-corrected chi connectivity index (χ2v) is 7.53. The third kappa shape index (κ3) is 29.4. The summed E-state index contributed by atoms with van der Waals surface area (Å²) >= 11 is 0. The third-order valence-corrected chi connectivity index (χ3v) is 4.04. The van der Waals surface area contributed by atoms with Crippen molar-refractivity contribution >= 4 is 5.78 Å². The number of hydrogen-bond donors (Lipinski definition) is 0. The standard InChI is InChI=1S/C23H46O9/c1-22(2)4-6-25-8-10-27-12-14-29-16-18-31-20-21-32-19-17-30-15-13-28-11-9-26-7-5-23(3)24/h22H,4-21H2,1-3H3. The van der Waals surface area contributed by atoms with Gasteiger partial charge in [0.05, 0.1) is 99.1 Å². The van der Waals surface area contributed by atoms with Crippen molar-refractivity contribution in [2.24, 2.45) is 5.92 Å². The Balaban J connectivity index is 3.02. The molecule has 0 spiro atoms. The second-order valence-electron chi connectivity index (χ2n) is 7.53. The summed E-state index contributed by atoms with van der Waals surface area (Å²) in [5.74, 6) is 0.805. The Kier molecular flexibility index (Phi) is 26.1. The molecule has 0 aromatic rings. The first-order valence-electron chi connectivity index (χ1n) is 11.7. The van der Waals surface area contributed by atoms with Crippen LogP contribution in [-0.4, -0.2) is 111 Å². The molecular weight excluding hydrogens is 420 g/mol. The van der Waals surface area contributed by atoms with E-state index in [0.29, 0.717) is 111 Å². The lowest BCUT2D eigenvalue weighted by Crippen LogP contribution is -2.15. The van der Waals surface area contributed by atoms with Gasteiger partial charge in [0.1, 0.15) is 5.78 Å². The number of ether oxygens (including phenoxy) is 8. The van der Waals surface area contributed by atoms with Crippen molar-refractivity contribution in [3.8, 4) is 0 Å². The van der Waals surface area contributed by atoms with Crippen LogP contribution in [0, 0.1) is 5.92 Å². The molecule has 32 heavy (non-hydrogen) atoms. The van der Waals surface area contributed by atoms with Crippen molar-refractivity contribution in [1.29, 1.82) is 0 Å². The van der Waals surface area contributed by atoms with Gasteiger partial charge in [-0.15, -0.1) is 0 Å². The van der Waals surface area contributed by atoms with Crippen LogP contribution in [0.4, 0.5) is 0 Å². The average molecular weight is 467 g/mol. The lowest BCUT2D eigenvalue weighted by atomic mass is 10.1. The van der Waals surface area contributed by atoms with Crippen LogP contribution in [0.15, 0.2) is 0 Å². The lowest BCUT2D eigenvalue weighted by molar-refractivity contribution is -0.118. The molecule has 0 bridgehead atoms. The first-order chi connectivity index (χ1) is 15.6. The molecule has 0 radical (unpaired) electrons. The van der Waals surface area contributed by atoms with E-state index in [1.807, 2.05) is 0 Å². The maximum Gasteiger partial charge on any atom is 0.132 e. The molecule has 0 aromatic carbocycles. The molecule has 0 aliphatic heterocycles. The van der Waals surface area contributed by atoms with Gasteiger partial charge < -0.3 is 37.9 Å². The Morgan fingerprint density at radius 2 is 0.719 bits per heavy atom. The van der Waals surface area contributed by atoms with Gasteiger partial charge in [0.2, 0.25) is 0 Å². The zero-order valence-electron chi connectivity index (χ0n) is 20.5. The zero-order valence-corrected chi connectivity index (χ0v) is 20.5. The molecule has 0 aromatic heterocycles. The van der Waals surface area contributed by atoms with Gasteiger partial charge in [-0.25, -0.2) is 0 Å². The molecule has 9 heteroatoms. The van der Waals surface area contributed by atoms with Crippen LogP contribution in [-0.2, 0) is 42.7 Å². The fourth-order valence-corrected chi connectivity index (χ4v) is 2.18. The van der Waals surface area contributed by atoms with Gasteiger partial charge in [0.25, 0.3) is 0 Å². The number of hydrogen-bond acceptors (Lipinski definition) is 9. The molecule has 0 amide bonds. The highest BCUT2D eigenvalue weighted by molar-refractivity contribution is 5.75. The van der Waals surface area contributed by atoms with Gasteiger partial charge in [-0.3, -0.25) is 4.79 Å². The Morgan fingerprint density at radius 3 is 0.969 bits per heavy atom. The highest BCUT2D eigenvalue weighted by Gasteiger charge is 1.97. The lowest BCUT2D eigenvalue weighted by Gasteiger charge is -2.09. The molecule has 0 aliphatic carbocycles. The van der Waals surface area contributed by atoms with Crippen molar-refractivity contribution in [3.05, 3.63) is 0 Å². The first kappa shape index (κ1) is 31.4. The minimum absolute atomic E-state index is 0.133. The highest BCUT2D eigenvalue weighted by atomic mass is 16.6. The molecule has 0 heterocycles. The van der Waals surface area contributed by atoms with E-state index >= 15 is 0 Å². The molecule has 192 valence electrons. The van der Waals surface area contributed by atoms with E-state index < -0.39 is 0 Å². The minimum Gasteiger partial charge on any atom is -0.379 e. The van der Waals surface area contributed by atoms with Gasteiger partial charge in [-0.2, -0.15) is 0 Å². The summed E-state index contributed by atoms with van der Waals surface area (Å²) in [6.07, 6.45) is 1.53. The maximum atomic E-state index is 10.7. The smallest absolute Gasteiger partial charge is 0.132 e. The molecular formula is C23H46O9. The predicted octanol–water partition coefficient (Wildman–Crippen LogP) is 2.14. The molecule has 0 saturated heterocycles. The number of rotatable bonds is 27. The van der Waals surface area contributed by atoms with Crippen LogP contribution < -0.4 is 0 Å². The summed E-state index contributed by atoms with van der Waals surface area (Å²) in [4.78, 5) is 10.7. The Bertz CT molecular complexity index is 380. The summed E-state index contributed by atoms with van der Waals surface area (Å²) < 4.78 is 43.2. The molecule has 0 fully saturated rings. The molecule has 0 atom stereocenters. The Morgan fingerprint density at radius 1 is 0.469 bits per heavy atom.